The van der Waals surface area contributed by atoms with Gasteiger partial charge in [-0.1, -0.05) is 5.21 Å². The number of rotatable bonds is 4. The highest BCUT2D eigenvalue weighted by atomic mass is 19.1. The van der Waals surface area contributed by atoms with Gasteiger partial charge in [0.25, 0.3) is 0 Å². The topological polar surface area (TPSA) is 76.9 Å². The summed E-state index contributed by atoms with van der Waals surface area (Å²) in [5.74, 6) is -0.908. The zero-order chi connectivity index (χ0) is 15.6. The van der Waals surface area contributed by atoms with Crippen LogP contribution < -0.4 is 5.32 Å². The Labute approximate surface area is 121 Å². The Balaban J connectivity index is 2.16. The Hall–Kier alpha value is -2.57. The van der Waals surface area contributed by atoms with Gasteiger partial charge in [0.05, 0.1) is 5.69 Å². The van der Waals surface area contributed by atoms with Gasteiger partial charge in [-0.15, -0.1) is 5.10 Å². The zero-order valence-corrected chi connectivity index (χ0v) is 11.9. The van der Waals surface area contributed by atoms with Crippen LogP contribution in [0.2, 0.25) is 0 Å². The van der Waals surface area contributed by atoms with Crippen LogP contribution in [0.5, 0.6) is 0 Å². The molecule has 0 aliphatic rings. The molecule has 21 heavy (non-hydrogen) atoms. The van der Waals surface area contributed by atoms with Crippen molar-refractivity contribution in [2.75, 3.05) is 5.32 Å². The molecule has 1 amide bonds. The zero-order valence-electron chi connectivity index (χ0n) is 11.9. The molecule has 1 heterocycles. The Kier molecular flexibility index (Phi) is 4.11. The minimum Gasteiger partial charge on any atom is -0.324 e. The Morgan fingerprint density at radius 1 is 1.29 bits per heavy atom. The van der Waals surface area contributed by atoms with Crippen LogP contribution in [0, 0.1) is 12.7 Å². The summed E-state index contributed by atoms with van der Waals surface area (Å²) in [6, 6.07) is 4.81. The number of anilines is 1. The van der Waals surface area contributed by atoms with Gasteiger partial charge in [-0.05, 0) is 38.1 Å². The number of carbonyl (C=O) groups is 2. The van der Waals surface area contributed by atoms with Gasteiger partial charge in [0.2, 0.25) is 5.91 Å². The van der Waals surface area contributed by atoms with Crippen LogP contribution in [0.3, 0.4) is 0 Å². The van der Waals surface area contributed by atoms with Crippen molar-refractivity contribution in [3.63, 3.8) is 0 Å². The van der Waals surface area contributed by atoms with Crippen LogP contribution >= 0.6 is 0 Å². The van der Waals surface area contributed by atoms with Gasteiger partial charge >= 0.3 is 0 Å². The minimum absolute atomic E-state index is 0.204. The first-order valence-electron chi connectivity index (χ1n) is 6.39. The van der Waals surface area contributed by atoms with Gasteiger partial charge < -0.3 is 5.32 Å². The second kappa shape index (κ2) is 5.82. The second-order valence-corrected chi connectivity index (χ2v) is 4.70. The smallest absolute Gasteiger partial charge is 0.249 e. The summed E-state index contributed by atoms with van der Waals surface area (Å²) in [6.45, 7) is 4.72. The number of halogens is 1. The van der Waals surface area contributed by atoms with Crippen LogP contribution in [0.15, 0.2) is 24.3 Å². The first-order valence-corrected chi connectivity index (χ1v) is 6.39. The number of hydrogen-bond donors (Lipinski definition) is 1. The van der Waals surface area contributed by atoms with Gasteiger partial charge in [0, 0.05) is 12.6 Å². The van der Waals surface area contributed by atoms with Crippen LogP contribution in [-0.2, 0) is 4.79 Å². The van der Waals surface area contributed by atoms with E-state index in [0.29, 0.717) is 11.4 Å². The third-order valence-electron chi connectivity index (χ3n) is 3.12. The summed E-state index contributed by atoms with van der Waals surface area (Å²) in [4.78, 5) is 23.5. The van der Waals surface area contributed by atoms with E-state index in [4.69, 9.17) is 0 Å². The van der Waals surface area contributed by atoms with Crippen molar-refractivity contribution in [3.05, 3.63) is 41.5 Å². The van der Waals surface area contributed by atoms with Gasteiger partial charge in [-0.3, -0.25) is 9.59 Å². The molecule has 2 aromatic rings. The van der Waals surface area contributed by atoms with E-state index in [1.807, 2.05) is 0 Å². The predicted octanol–water partition coefficient (Wildman–Crippen LogP) is 2.13. The first kappa shape index (κ1) is 14.8. The molecule has 1 unspecified atom stereocenters. The molecular weight excluding hydrogens is 275 g/mol. The van der Waals surface area contributed by atoms with E-state index < -0.39 is 6.04 Å². The SMILES string of the molecule is CC(=O)c1nnn(C(C)C(=O)Nc2ccc(F)cc2)c1C. The second-order valence-electron chi connectivity index (χ2n) is 4.70. The van der Waals surface area contributed by atoms with Crippen LogP contribution in [0.4, 0.5) is 10.1 Å². The Bertz CT molecular complexity index is 679. The number of carbonyl (C=O) groups excluding carboxylic acids is 2. The van der Waals surface area contributed by atoms with Crippen molar-refractivity contribution < 1.29 is 14.0 Å². The fraction of sp³-hybridized carbons (Fsp3) is 0.286. The molecule has 0 saturated carbocycles. The number of Topliss-reactive ketones (excluding diaryl/α,β-unsaturated/α-hetero) is 1. The maximum Gasteiger partial charge on any atom is 0.249 e. The summed E-state index contributed by atoms with van der Waals surface area (Å²) >= 11 is 0. The lowest BCUT2D eigenvalue weighted by molar-refractivity contribution is -0.119. The lowest BCUT2D eigenvalue weighted by atomic mass is 10.2. The highest BCUT2D eigenvalue weighted by molar-refractivity contribution is 5.95. The third kappa shape index (κ3) is 3.13. The van der Waals surface area contributed by atoms with Crippen LogP contribution in [0.1, 0.15) is 36.1 Å². The lowest BCUT2D eigenvalue weighted by Crippen LogP contribution is -2.25. The number of aromatic nitrogens is 3. The maximum absolute atomic E-state index is 12.8. The van der Waals surface area contributed by atoms with E-state index in [0.717, 1.165) is 0 Å². The molecule has 1 atom stereocenters. The van der Waals surface area contributed by atoms with E-state index in [1.54, 1.807) is 13.8 Å². The van der Waals surface area contributed by atoms with Crippen LogP contribution in [0.25, 0.3) is 0 Å². The molecule has 1 N–H and O–H groups in total. The Morgan fingerprint density at radius 3 is 2.43 bits per heavy atom. The van der Waals surface area contributed by atoms with Gasteiger partial charge in [-0.25, -0.2) is 9.07 Å². The van der Waals surface area contributed by atoms with Gasteiger partial charge in [0.15, 0.2) is 11.5 Å². The highest BCUT2D eigenvalue weighted by Gasteiger charge is 2.21. The number of amides is 1. The highest BCUT2D eigenvalue weighted by Crippen LogP contribution is 2.15. The monoisotopic (exact) mass is 290 g/mol. The molecule has 1 aromatic carbocycles. The van der Waals surface area contributed by atoms with Crippen molar-refractivity contribution >= 4 is 17.4 Å². The summed E-state index contributed by atoms with van der Waals surface area (Å²) in [5, 5.41) is 10.3. The maximum atomic E-state index is 12.8. The largest absolute Gasteiger partial charge is 0.324 e. The molecular formula is C14H15FN4O2. The van der Waals surface area contributed by atoms with Crippen molar-refractivity contribution in [1.82, 2.24) is 15.0 Å². The molecule has 110 valence electrons. The molecule has 0 saturated heterocycles. The van der Waals surface area contributed by atoms with E-state index in [-0.39, 0.29) is 23.2 Å². The molecule has 0 spiro atoms. The van der Waals surface area contributed by atoms with E-state index >= 15 is 0 Å². The molecule has 0 radical (unpaired) electrons. The summed E-state index contributed by atoms with van der Waals surface area (Å²) in [6.07, 6.45) is 0. The van der Waals surface area contributed by atoms with Gasteiger partial charge in [0.1, 0.15) is 11.9 Å². The molecule has 2 rings (SSSR count). The van der Waals surface area contributed by atoms with Crippen molar-refractivity contribution in [1.29, 1.82) is 0 Å². The quantitative estimate of drug-likeness (QED) is 0.875. The van der Waals surface area contributed by atoms with Crippen molar-refractivity contribution in [2.24, 2.45) is 0 Å². The molecule has 6 nitrogen and oxygen atoms in total. The van der Waals surface area contributed by atoms with Crippen molar-refractivity contribution in [3.8, 4) is 0 Å². The number of benzene rings is 1. The standard InChI is InChI=1S/C14H15FN4O2/c1-8-13(10(3)20)17-18-19(8)9(2)14(21)16-12-6-4-11(15)5-7-12/h4-7,9H,1-3H3,(H,16,21). The molecule has 0 aliphatic carbocycles. The predicted molar refractivity (Wildman–Crippen MR) is 74.5 cm³/mol. The van der Waals surface area contributed by atoms with E-state index in [2.05, 4.69) is 15.6 Å². The molecule has 7 heteroatoms. The molecule has 1 aromatic heterocycles. The van der Waals surface area contributed by atoms with Gasteiger partial charge in [-0.2, -0.15) is 0 Å². The molecule has 0 aliphatic heterocycles. The summed E-state index contributed by atoms with van der Waals surface area (Å²) in [7, 11) is 0. The minimum atomic E-state index is -0.643. The van der Waals surface area contributed by atoms with E-state index in [9.17, 15) is 14.0 Å². The summed E-state index contributed by atoms with van der Waals surface area (Å²) in [5.41, 5.74) is 1.26. The fourth-order valence-corrected chi connectivity index (χ4v) is 1.92. The first-order chi connectivity index (χ1) is 9.90. The molecule has 0 fully saturated rings. The van der Waals surface area contributed by atoms with Crippen molar-refractivity contribution in [2.45, 2.75) is 26.8 Å². The van der Waals surface area contributed by atoms with Crippen LogP contribution in [-0.4, -0.2) is 26.7 Å². The number of hydrogen-bond acceptors (Lipinski definition) is 4. The molecule has 0 bridgehead atoms. The number of ketones is 1. The fourth-order valence-electron chi connectivity index (χ4n) is 1.92. The Morgan fingerprint density at radius 2 is 1.90 bits per heavy atom. The van der Waals surface area contributed by atoms with E-state index in [1.165, 1.54) is 35.9 Å². The number of nitrogens with zero attached hydrogens (tertiary/aromatic N) is 3. The lowest BCUT2D eigenvalue weighted by Gasteiger charge is -2.13. The average Bonchev–Trinajstić information content (AvgIpc) is 2.82. The number of nitrogens with one attached hydrogen (secondary N) is 1. The average molecular weight is 290 g/mol. The summed E-state index contributed by atoms with van der Waals surface area (Å²) < 4.78 is 14.2. The third-order valence-corrected chi connectivity index (χ3v) is 3.12. The normalized spacial score (nSPS) is 12.0.